The van der Waals surface area contributed by atoms with Crippen molar-refractivity contribution in [3.8, 4) is 11.8 Å². The second kappa shape index (κ2) is 4.20. The van der Waals surface area contributed by atoms with Gasteiger partial charge in [0.15, 0.2) is 6.61 Å². The zero-order valence-corrected chi connectivity index (χ0v) is 7.49. The maximum atomic E-state index is 8.22. The van der Waals surface area contributed by atoms with Crippen LogP contribution in [0.15, 0.2) is 12.1 Å². The monoisotopic (exact) mass is 200 g/mol. The van der Waals surface area contributed by atoms with Crippen LogP contribution in [-0.2, 0) is 0 Å². The minimum absolute atomic E-state index is 0.0172. The summed E-state index contributed by atoms with van der Waals surface area (Å²) in [6, 6.07) is 7.58. The summed E-state index contributed by atoms with van der Waals surface area (Å²) in [6.07, 6.45) is 0. The summed E-state index contributed by atoms with van der Waals surface area (Å²) in [6.45, 7) is -0.0172. The van der Waals surface area contributed by atoms with Crippen LogP contribution < -0.4 is 4.74 Å². The Kier molecular flexibility index (Phi) is 3.21. The lowest BCUT2D eigenvalue weighted by Crippen LogP contribution is -1.92. The first-order valence-electron chi connectivity index (χ1n) is 3.10. The summed E-state index contributed by atoms with van der Waals surface area (Å²) < 4.78 is 4.97. The molecular formula is C8H4Cl2NO. The average molecular weight is 201 g/mol. The molecule has 0 saturated carbocycles. The fourth-order valence-corrected chi connectivity index (χ4v) is 1.14. The molecule has 0 aliphatic heterocycles. The molecule has 0 heterocycles. The number of hydrogen-bond donors (Lipinski definition) is 0. The molecular weight excluding hydrogens is 197 g/mol. The molecule has 0 aromatic heterocycles. The van der Waals surface area contributed by atoms with E-state index < -0.39 is 0 Å². The first kappa shape index (κ1) is 9.18. The average Bonchev–Trinajstić information content (AvgIpc) is 1.99. The van der Waals surface area contributed by atoms with Crippen LogP contribution in [-0.4, -0.2) is 6.61 Å². The molecule has 0 spiro atoms. The fourth-order valence-electron chi connectivity index (χ4n) is 0.677. The van der Waals surface area contributed by atoms with Gasteiger partial charge >= 0.3 is 0 Å². The van der Waals surface area contributed by atoms with Gasteiger partial charge in [0.05, 0.1) is 10.0 Å². The number of rotatable bonds is 2. The van der Waals surface area contributed by atoms with Gasteiger partial charge in [0.25, 0.3) is 0 Å². The maximum absolute atomic E-state index is 8.22. The van der Waals surface area contributed by atoms with Crippen LogP contribution in [0.3, 0.4) is 0 Å². The fraction of sp³-hybridized carbons (Fsp3) is 0.125. The topological polar surface area (TPSA) is 33.0 Å². The van der Waals surface area contributed by atoms with Gasteiger partial charge in [-0.05, 0) is 12.1 Å². The van der Waals surface area contributed by atoms with Gasteiger partial charge in [-0.15, -0.1) is 0 Å². The molecule has 0 fully saturated rings. The van der Waals surface area contributed by atoms with Gasteiger partial charge in [0, 0.05) is 6.07 Å². The van der Waals surface area contributed by atoms with Gasteiger partial charge < -0.3 is 4.74 Å². The Morgan fingerprint density at radius 2 is 2.00 bits per heavy atom. The highest BCUT2D eigenvalue weighted by Gasteiger charge is 1.98. The van der Waals surface area contributed by atoms with Crippen molar-refractivity contribution in [3.05, 3.63) is 28.2 Å². The third-order valence-electron chi connectivity index (χ3n) is 1.08. The highest BCUT2D eigenvalue weighted by atomic mass is 35.5. The van der Waals surface area contributed by atoms with Crippen LogP contribution in [0.1, 0.15) is 0 Å². The zero-order valence-electron chi connectivity index (χ0n) is 5.97. The van der Waals surface area contributed by atoms with Crippen molar-refractivity contribution in [2.24, 2.45) is 0 Å². The van der Waals surface area contributed by atoms with Crippen molar-refractivity contribution in [1.29, 1.82) is 5.26 Å². The molecule has 0 bridgehead atoms. The smallest absolute Gasteiger partial charge is 0.174 e. The Hall–Kier alpha value is -0.910. The first-order valence-corrected chi connectivity index (χ1v) is 3.86. The van der Waals surface area contributed by atoms with E-state index >= 15 is 0 Å². The van der Waals surface area contributed by atoms with Crippen molar-refractivity contribution in [1.82, 2.24) is 0 Å². The summed E-state index contributed by atoms with van der Waals surface area (Å²) in [7, 11) is 0. The summed E-state index contributed by atoms with van der Waals surface area (Å²) in [4.78, 5) is 0. The summed E-state index contributed by atoms with van der Waals surface area (Å²) in [5.41, 5.74) is 0. The van der Waals surface area contributed by atoms with E-state index in [0.717, 1.165) is 0 Å². The van der Waals surface area contributed by atoms with Gasteiger partial charge in [0.1, 0.15) is 11.8 Å². The molecule has 0 N–H and O–H groups in total. The summed E-state index contributed by atoms with van der Waals surface area (Å²) in [5, 5.41) is 8.96. The molecule has 1 aromatic rings. The lowest BCUT2D eigenvalue weighted by molar-refractivity contribution is 0.368. The molecule has 61 valence electrons. The minimum Gasteiger partial charge on any atom is -0.479 e. The molecule has 0 aliphatic rings. The van der Waals surface area contributed by atoms with E-state index in [2.05, 4.69) is 6.07 Å². The molecule has 0 aliphatic carbocycles. The van der Waals surface area contributed by atoms with E-state index in [1.807, 2.05) is 6.07 Å². The van der Waals surface area contributed by atoms with Crippen LogP contribution in [0.4, 0.5) is 0 Å². The molecule has 0 unspecified atom stereocenters. The van der Waals surface area contributed by atoms with Crippen LogP contribution >= 0.6 is 23.2 Å². The van der Waals surface area contributed by atoms with Crippen molar-refractivity contribution >= 4 is 23.2 Å². The largest absolute Gasteiger partial charge is 0.479 e. The standard InChI is InChI=1S/C8H4Cl2NO/c9-6-3-7(10)5-8(4-6)12-2-1-11/h4-5H,2H2. The molecule has 2 nitrogen and oxygen atoms in total. The van der Waals surface area contributed by atoms with E-state index in [9.17, 15) is 0 Å². The zero-order chi connectivity index (χ0) is 8.97. The molecule has 4 heteroatoms. The van der Waals surface area contributed by atoms with E-state index in [1.165, 1.54) is 0 Å². The number of benzene rings is 1. The third-order valence-corrected chi connectivity index (χ3v) is 1.49. The van der Waals surface area contributed by atoms with E-state index in [-0.39, 0.29) is 6.61 Å². The quantitative estimate of drug-likeness (QED) is 0.736. The molecule has 1 aromatic carbocycles. The maximum Gasteiger partial charge on any atom is 0.174 e. The SMILES string of the molecule is N#CCOc1cc(Cl)[c]c(Cl)c1. The van der Waals surface area contributed by atoms with Crippen LogP contribution in [0.25, 0.3) is 0 Å². The second-order valence-corrected chi connectivity index (χ2v) is 2.77. The lowest BCUT2D eigenvalue weighted by atomic mass is 10.3. The molecule has 1 rings (SSSR count). The Balaban J connectivity index is 2.80. The second-order valence-electron chi connectivity index (χ2n) is 1.96. The van der Waals surface area contributed by atoms with Crippen LogP contribution in [0.2, 0.25) is 10.0 Å². The molecule has 1 radical (unpaired) electrons. The number of ether oxygens (including phenoxy) is 1. The predicted molar refractivity (Wildman–Crippen MR) is 46.4 cm³/mol. The number of nitriles is 1. The Bertz CT molecular complexity index is 299. The van der Waals surface area contributed by atoms with Crippen molar-refractivity contribution in [2.45, 2.75) is 0 Å². The molecule has 12 heavy (non-hydrogen) atoms. The van der Waals surface area contributed by atoms with Gasteiger partial charge in [0.2, 0.25) is 0 Å². The van der Waals surface area contributed by atoms with Crippen molar-refractivity contribution in [3.63, 3.8) is 0 Å². The molecule has 0 atom stereocenters. The lowest BCUT2D eigenvalue weighted by Gasteiger charge is -2.01. The highest BCUT2D eigenvalue weighted by molar-refractivity contribution is 6.34. The predicted octanol–water partition coefficient (Wildman–Crippen LogP) is 2.70. The van der Waals surface area contributed by atoms with E-state index in [4.69, 9.17) is 33.2 Å². The Morgan fingerprint density at radius 3 is 2.50 bits per heavy atom. The van der Waals surface area contributed by atoms with Gasteiger partial charge in [-0.1, -0.05) is 23.2 Å². The van der Waals surface area contributed by atoms with Crippen LogP contribution in [0.5, 0.6) is 5.75 Å². The molecule has 0 amide bonds. The van der Waals surface area contributed by atoms with E-state index in [0.29, 0.717) is 15.8 Å². The van der Waals surface area contributed by atoms with Crippen molar-refractivity contribution in [2.75, 3.05) is 6.61 Å². The van der Waals surface area contributed by atoms with Gasteiger partial charge in [-0.3, -0.25) is 0 Å². The Morgan fingerprint density at radius 1 is 1.42 bits per heavy atom. The van der Waals surface area contributed by atoms with Gasteiger partial charge in [-0.2, -0.15) is 5.26 Å². The Labute approximate surface area is 80.3 Å². The van der Waals surface area contributed by atoms with Gasteiger partial charge in [-0.25, -0.2) is 0 Å². The highest BCUT2D eigenvalue weighted by Crippen LogP contribution is 2.23. The van der Waals surface area contributed by atoms with Crippen molar-refractivity contribution < 1.29 is 4.74 Å². The third kappa shape index (κ3) is 2.61. The normalized spacial score (nSPS) is 9.08. The summed E-state index contributed by atoms with van der Waals surface area (Å²) in [5.74, 6) is 0.477. The number of halogens is 2. The first-order chi connectivity index (χ1) is 5.72. The number of hydrogen-bond acceptors (Lipinski definition) is 2. The summed E-state index contributed by atoms with van der Waals surface area (Å²) >= 11 is 11.3. The number of nitrogens with zero attached hydrogens (tertiary/aromatic N) is 1. The van der Waals surface area contributed by atoms with E-state index in [1.54, 1.807) is 12.1 Å². The minimum atomic E-state index is -0.0172. The van der Waals surface area contributed by atoms with Crippen LogP contribution in [0, 0.1) is 17.4 Å². The molecule has 0 saturated heterocycles.